The summed E-state index contributed by atoms with van der Waals surface area (Å²) < 4.78 is 23.2. The lowest BCUT2D eigenvalue weighted by molar-refractivity contribution is 0.615. The molecule has 0 bridgehead atoms. The molecule has 46 valence electrons. The summed E-state index contributed by atoms with van der Waals surface area (Å²) in [4.78, 5) is 0. The topological polar surface area (TPSA) is 49.9 Å². The Hall–Kier alpha value is -0.930. The maximum atomic E-state index is 11.6. The predicted molar refractivity (Wildman–Crippen MR) is 26.8 cm³/mol. The Morgan fingerprint density at radius 1 is 1.50 bits per heavy atom. The van der Waals surface area contributed by atoms with Gasteiger partial charge in [0.05, 0.1) is 5.57 Å². The monoisotopic (exact) mass is 120 g/mol. The van der Waals surface area contributed by atoms with E-state index in [-0.39, 0.29) is 0 Å². The molecule has 0 saturated heterocycles. The molecular formula is C4H6F2N2. The lowest BCUT2D eigenvalue weighted by atomic mass is 10.3. The second kappa shape index (κ2) is 2.40. The first-order valence-corrected chi connectivity index (χ1v) is 1.92. The highest BCUT2D eigenvalue weighted by Crippen LogP contribution is 2.00. The van der Waals surface area contributed by atoms with Crippen molar-refractivity contribution in [1.29, 1.82) is 5.41 Å². The normalized spacial score (nSPS) is 12.9. The zero-order valence-corrected chi connectivity index (χ0v) is 4.33. The van der Waals surface area contributed by atoms with Gasteiger partial charge in [0.2, 0.25) is 5.97 Å². The van der Waals surface area contributed by atoms with E-state index in [4.69, 9.17) is 5.41 Å². The Morgan fingerprint density at radius 2 is 1.88 bits per heavy atom. The van der Waals surface area contributed by atoms with Crippen LogP contribution in [0, 0.1) is 5.41 Å². The summed E-state index contributed by atoms with van der Waals surface area (Å²) in [5.41, 5.74) is 4.02. The standard InChI is InChI=1S/C4H6F2N2/c1-2(3(5)7)4(6)8/h7H,8H2,1H3/b4-2-,7-3?. The molecule has 3 N–H and O–H groups in total. The number of hydrogen-bond acceptors (Lipinski definition) is 2. The fourth-order valence-electron chi connectivity index (χ4n) is 0.105. The van der Waals surface area contributed by atoms with E-state index in [1.807, 2.05) is 0 Å². The number of halogens is 2. The molecule has 0 aliphatic heterocycles. The van der Waals surface area contributed by atoms with Crippen molar-refractivity contribution < 1.29 is 8.78 Å². The largest absolute Gasteiger partial charge is 0.375 e. The minimum atomic E-state index is -1.33. The summed E-state index contributed by atoms with van der Waals surface area (Å²) in [7, 11) is 0. The Bertz CT molecular complexity index is 135. The Balaban J connectivity index is 4.23. The second-order valence-corrected chi connectivity index (χ2v) is 1.29. The van der Waals surface area contributed by atoms with E-state index < -0.39 is 17.5 Å². The van der Waals surface area contributed by atoms with Crippen LogP contribution >= 0.6 is 0 Å². The summed E-state index contributed by atoms with van der Waals surface area (Å²) in [6, 6.07) is 0. The summed E-state index contributed by atoms with van der Waals surface area (Å²) in [5.74, 6) is -2.47. The van der Waals surface area contributed by atoms with Gasteiger partial charge in [-0.05, 0) is 6.92 Å². The Morgan fingerprint density at radius 3 is 1.88 bits per heavy atom. The third kappa shape index (κ3) is 1.68. The van der Waals surface area contributed by atoms with Gasteiger partial charge in [-0.1, -0.05) is 0 Å². The van der Waals surface area contributed by atoms with Crippen molar-refractivity contribution >= 4 is 5.97 Å². The SMILES string of the molecule is C/C(C(=N)F)=C(/N)F. The first-order valence-electron chi connectivity index (χ1n) is 1.92. The Labute approximate surface area is 45.5 Å². The van der Waals surface area contributed by atoms with E-state index in [0.29, 0.717) is 0 Å². The van der Waals surface area contributed by atoms with Crippen LogP contribution in [0.4, 0.5) is 8.78 Å². The van der Waals surface area contributed by atoms with Gasteiger partial charge in [-0.25, -0.2) is 0 Å². The molecule has 0 amide bonds. The van der Waals surface area contributed by atoms with E-state index in [1.165, 1.54) is 0 Å². The first kappa shape index (κ1) is 7.07. The van der Waals surface area contributed by atoms with E-state index in [9.17, 15) is 8.78 Å². The van der Waals surface area contributed by atoms with Crippen LogP contribution < -0.4 is 5.73 Å². The predicted octanol–water partition coefficient (Wildman–Crippen LogP) is 1.09. The molecule has 4 heteroatoms. The molecule has 0 rings (SSSR count). The lowest BCUT2D eigenvalue weighted by Gasteiger charge is -1.89. The van der Waals surface area contributed by atoms with Crippen molar-refractivity contribution in [3.63, 3.8) is 0 Å². The third-order valence-electron chi connectivity index (χ3n) is 0.687. The van der Waals surface area contributed by atoms with Crippen molar-refractivity contribution in [2.75, 3.05) is 0 Å². The zero-order valence-electron chi connectivity index (χ0n) is 4.33. The van der Waals surface area contributed by atoms with Crippen LogP contribution in [0.2, 0.25) is 0 Å². The van der Waals surface area contributed by atoms with Gasteiger partial charge in [0.1, 0.15) is 0 Å². The molecule has 0 aliphatic rings. The molecule has 0 saturated carbocycles. The minimum absolute atomic E-state index is 0.454. The Kier molecular flexibility index (Phi) is 2.12. The molecule has 0 heterocycles. The number of allylic oxidation sites excluding steroid dienone is 1. The van der Waals surface area contributed by atoms with Gasteiger partial charge < -0.3 is 5.73 Å². The van der Waals surface area contributed by atoms with E-state index >= 15 is 0 Å². The van der Waals surface area contributed by atoms with Crippen LogP contribution in [0.25, 0.3) is 0 Å². The molecule has 0 aromatic carbocycles. The fourth-order valence-corrected chi connectivity index (χ4v) is 0.105. The third-order valence-corrected chi connectivity index (χ3v) is 0.687. The summed E-state index contributed by atoms with van der Waals surface area (Å²) in [6.45, 7) is 1.09. The van der Waals surface area contributed by atoms with Crippen molar-refractivity contribution in [1.82, 2.24) is 0 Å². The highest BCUT2D eigenvalue weighted by Gasteiger charge is 2.00. The maximum Gasteiger partial charge on any atom is 0.212 e. The highest BCUT2D eigenvalue weighted by molar-refractivity contribution is 5.89. The first-order chi connectivity index (χ1) is 3.55. The van der Waals surface area contributed by atoms with E-state index in [1.54, 1.807) is 0 Å². The van der Waals surface area contributed by atoms with Crippen LogP contribution in [0.15, 0.2) is 11.5 Å². The van der Waals surface area contributed by atoms with Crippen LogP contribution in [-0.4, -0.2) is 5.97 Å². The molecule has 0 unspecified atom stereocenters. The molecule has 8 heavy (non-hydrogen) atoms. The van der Waals surface area contributed by atoms with Crippen LogP contribution in [0.1, 0.15) is 6.92 Å². The summed E-state index contributed by atoms with van der Waals surface area (Å²) in [5, 5.41) is 6.19. The molecule has 0 fully saturated rings. The number of rotatable bonds is 1. The van der Waals surface area contributed by atoms with Gasteiger partial charge in [-0.15, -0.1) is 0 Å². The summed E-state index contributed by atoms with van der Waals surface area (Å²) in [6.07, 6.45) is 0. The van der Waals surface area contributed by atoms with Gasteiger partial charge in [0.25, 0.3) is 0 Å². The van der Waals surface area contributed by atoms with Crippen molar-refractivity contribution in [2.45, 2.75) is 6.92 Å². The highest BCUT2D eigenvalue weighted by atomic mass is 19.1. The number of hydrogen-bond donors (Lipinski definition) is 2. The quantitative estimate of drug-likeness (QED) is 0.395. The number of nitrogens with two attached hydrogens (primary N) is 1. The molecule has 0 aliphatic carbocycles. The van der Waals surface area contributed by atoms with Gasteiger partial charge in [-0.3, -0.25) is 5.41 Å². The molecule has 0 radical (unpaired) electrons. The zero-order chi connectivity index (χ0) is 6.73. The van der Waals surface area contributed by atoms with E-state index in [0.717, 1.165) is 6.92 Å². The van der Waals surface area contributed by atoms with Crippen LogP contribution in [0.5, 0.6) is 0 Å². The maximum absolute atomic E-state index is 11.6. The number of nitrogens with one attached hydrogen (secondary N) is 1. The van der Waals surface area contributed by atoms with Crippen molar-refractivity contribution in [3.8, 4) is 0 Å². The van der Waals surface area contributed by atoms with Crippen molar-refractivity contribution in [2.24, 2.45) is 5.73 Å². The average Bonchev–Trinajstić information content (AvgIpc) is 1.64. The molecule has 0 aromatic rings. The molecule has 0 atom stereocenters. The molecular weight excluding hydrogens is 114 g/mol. The van der Waals surface area contributed by atoms with Gasteiger partial charge in [-0.2, -0.15) is 8.78 Å². The fraction of sp³-hybridized carbons (Fsp3) is 0.250. The molecule has 2 nitrogen and oxygen atoms in total. The van der Waals surface area contributed by atoms with Crippen molar-refractivity contribution in [3.05, 3.63) is 11.5 Å². The average molecular weight is 120 g/mol. The smallest absolute Gasteiger partial charge is 0.212 e. The van der Waals surface area contributed by atoms with Gasteiger partial charge in [0, 0.05) is 0 Å². The minimum Gasteiger partial charge on any atom is -0.375 e. The molecule has 0 spiro atoms. The van der Waals surface area contributed by atoms with E-state index in [2.05, 4.69) is 5.73 Å². The van der Waals surface area contributed by atoms with Crippen LogP contribution in [0.3, 0.4) is 0 Å². The lowest BCUT2D eigenvalue weighted by Crippen LogP contribution is -1.99. The van der Waals surface area contributed by atoms with Gasteiger partial charge >= 0.3 is 0 Å². The van der Waals surface area contributed by atoms with Gasteiger partial charge in [0.15, 0.2) is 5.95 Å². The van der Waals surface area contributed by atoms with Crippen LogP contribution in [-0.2, 0) is 0 Å². The molecule has 0 aromatic heterocycles. The summed E-state index contributed by atoms with van der Waals surface area (Å²) >= 11 is 0. The second-order valence-electron chi connectivity index (χ2n) is 1.29.